The van der Waals surface area contributed by atoms with Crippen LogP contribution in [-0.4, -0.2) is 23.3 Å². The van der Waals surface area contributed by atoms with E-state index in [1.165, 1.54) is 0 Å². The Morgan fingerprint density at radius 2 is 2.11 bits per heavy atom. The van der Waals surface area contributed by atoms with E-state index in [-0.39, 0.29) is 17.9 Å². The van der Waals surface area contributed by atoms with Crippen molar-refractivity contribution in [3.63, 3.8) is 0 Å². The average Bonchev–Trinajstić information content (AvgIpc) is 2.35. The highest BCUT2D eigenvalue weighted by Crippen LogP contribution is 2.39. The lowest BCUT2D eigenvalue weighted by molar-refractivity contribution is -0.138. The molecule has 3 heteroatoms. The molecule has 1 aliphatic heterocycles. The number of ether oxygens (including phenoxy) is 1. The predicted molar refractivity (Wildman–Crippen MR) is 74.2 cm³/mol. The minimum Gasteiger partial charge on any atom is -0.481 e. The third-order valence-electron chi connectivity index (χ3n) is 3.93. The molecule has 0 aliphatic carbocycles. The number of carboxylic acids is 1. The van der Waals surface area contributed by atoms with Gasteiger partial charge in [-0.15, -0.1) is 0 Å². The fourth-order valence-electron chi connectivity index (χ4n) is 3.07. The van der Waals surface area contributed by atoms with Crippen LogP contribution in [0.25, 0.3) is 0 Å². The summed E-state index contributed by atoms with van der Waals surface area (Å²) in [6.45, 7) is 4.89. The molecular formula is C16H22O3. The maximum atomic E-state index is 11.2. The molecule has 0 bridgehead atoms. The number of rotatable bonds is 4. The summed E-state index contributed by atoms with van der Waals surface area (Å²) in [4.78, 5) is 11.2. The van der Waals surface area contributed by atoms with E-state index in [4.69, 9.17) is 4.74 Å². The molecule has 0 saturated carbocycles. The number of aliphatic carboxylic acids is 1. The molecular weight excluding hydrogens is 240 g/mol. The first-order chi connectivity index (χ1) is 8.98. The van der Waals surface area contributed by atoms with Crippen LogP contribution in [-0.2, 0) is 9.53 Å². The smallest absolute Gasteiger partial charge is 0.303 e. The van der Waals surface area contributed by atoms with E-state index in [9.17, 15) is 9.90 Å². The van der Waals surface area contributed by atoms with Crippen LogP contribution in [0.4, 0.5) is 0 Å². The van der Waals surface area contributed by atoms with Crippen molar-refractivity contribution in [2.75, 3.05) is 6.61 Å². The molecule has 0 amide bonds. The van der Waals surface area contributed by atoms with Crippen molar-refractivity contribution in [1.29, 1.82) is 0 Å². The van der Waals surface area contributed by atoms with Crippen molar-refractivity contribution in [2.24, 2.45) is 5.92 Å². The first-order valence-electron chi connectivity index (χ1n) is 6.89. The van der Waals surface area contributed by atoms with E-state index in [2.05, 4.69) is 13.8 Å². The van der Waals surface area contributed by atoms with Gasteiger partial charge in [0.05, 0.1) is 12.0 Å². The molecule has 2 atom stereocenters. The quantitative estimate of drug-likeness (QED) is 0.904. The highest BCUT2D eigenvalue weighted by molar-refractivity contribution is 5.68. The molecule has 3 nitrogen and oxygen atoms in total. The Labute approximate surface area is 114 Å². The molecule has 1 aromatic rings. The van der Waals surface area contributed by atoms with Crippen LogP contribution in [0.3, 0.4) is 0 Å². The van der Waals surface area contributed by atoms with Crippen LogP contribution in [0.2, 0.25) is 0 Å². The summed E-state index contributed by atoms with van der Waals surface area (Å²) in [5.74, 6) is -0.262. The van der Waals surface area contributed by atoms with Gasteiger partial charge in [0.15, 0.2) is 0 Å². The number of carboxylic acid groups (broad SMARTS) is 1. The summed E-state index contributed by atoms with van der Waals surface area (Å²) >= 11 is 0. The van der Waals surface area contributed by atoms with Crippen molar-refractivity contribution in [3.8, 4) is 0 Å². The zero-order valence-electron chi connectivity index (χ0n) is 11.6. The molecule has 0 radical (unpaired) electrons. The monoisotopic (exact) mass is 262 g/mol. The van der Waals surface area contributed by atoms with Gasteiger partial charge in [0.25, 0.3) is 0 Å². The van der Waals surface area contributed by atoms with Gasteiger partial charge in [0, 0.05) is 6.61 Å². The van der Waals surface area contributed by atoms with E-state index >= 15 is 0 Å². The maximum Gasteiger partial charge on any atom is 0.303 e. The van der Waals surface area contributed by atoms with Gasteiger partial charge in [-0.3, -0.25) is 4.79 Å². The van der Waals surface area contributed by atoms with Gasteiger partial charge in [-0.1, -0.05) is 30.3 Å². The Bertz CT molecular complexity index is 425. The largest absolute Gasteiger partial charge is 0.481 e. The van der Waals surface area contributed by atoms with E-state index in [1.54, 1.807) is 0 Å². The van der Waals surface area contributed by atoms with Crippen LogP contribution >= 0.6 is 0 Å². The normalized spacial score (nSPS) is 23.8. The predicted octanol–water partition coefficient (Wildman–Crippen LogP) is 3.45. The van der Waals surface area contributed by atoms with Crippen LogP contribution < -0.4 is 0 Å². The van der Waals surface area contributed by atoms with Crippen LogP contribution in [0, 0.1) is 5.92 Å². The first-order valence-corrected chi connectivity index (χ1v) is 6.89. The summed E-state index contributed by atoms with van der Waals surface area (Å²) in [5.41, 5.74) is 0.988. The Hall–Kier alpha value is -1.35. The average molecular weight is 262 g/mol. The summed E-state index contributed by atoms with van der Waals surface area (Å²) < 4.78 is 5.74. The Kier molecular flexibility index (Phi) is 4.25. The number of hydrogen-bond donors (Lipinski definition) is 1. The second-order valence-electron chi connectivity index (χ2n) is 5.98. The molecule has 19 heavy (non-hydrogen) atoms. The van der Waals surface area contributed by atoms with Gasteiger partial charge in [-0.2, -0.15) is 0 Å². The maximum absolute atomic E-state index is 11.2. The SMILES string of the molecule is CC1(C)C[C@@H]([C@@H](CC(=O)O)c2ccccc2)CCO1. The third kappa shape index (κ3) is 3.80. The molecule has 2 rings (SSSR count). The van der Waals surface area contributed by atoms with Crippen molar-refractivity contribution in [2.45, 2.75) is 44.6 Å². The summed E-state index contributed by atoms with van der Waals surface area (Å²) in [6.07, 6.45) is 2.06. The molecule has 1 aliphatic rings. The molecule has 1 aromatic carbocycles. The van der Waals surface area contributed by atoms with Gasteiger partial charge >= 0.3 is 5.97 Å². The molecule has 1 saturated heterocycles. The molecule has 104 valence electrons. The van der Waals surface area contributed by atoms with E-state index < -0.39 is 5.97 Å². The molecule has 1 heterocycles. The van der Waals surface area contributed by atoms with E-state index in [1.807, 2.05) is 30.3 Å². The highest BCUT2D eigenvalue weighted by Gasteiger charge is 2.34. The Morgan fingerprint density at radius 3 is 2.68 bits per heavy atom. The lowest BCUT2D eigenvalue weighted by atomic mass is 9.75. The lowest BCUT2D eigenvalue weighted by Crippen LogP contribution is -2.36. The van der Waals surface area contributed by atoms with Crippen molar-refractivity contribution in [3.05, 3.63) is 35.9 Å². The second-order valence-corrected chi connectivity index (χ2v) is 5.98. The van der Waals surface area contributed by atoms with Gasteiger partial charge in [-0.05, 0) is 44.1 Å². The number of hydrogen-bond acceptors (Lipinski definition) is 2. The second kappa shape index (κ2) is 5.74. The van der Waals surface area contributed by atoms with E-state index in [0.717, 1.165) is 25.0 Å². The third-order valence-corrected chi connectivity index (χ3v) is 3.93. The summed E-state index contributed by atoms with van der Waals surface area (Å²) in [6, 6.07) is 10.0. The fourth-order valence-corrected chi connectivity index (χ4v) is 3.07. The van der Waals surface area contributed by atoms with Crippen LogP contribution in [0.5, 0.6) is 0 Å². The molecule has 1 fully saturated rings. The van der Waals surface area contributed by atoms with Crippen LogP contribution in [0.15, 0.2) is 30.3 Å². The fraction of sp³-hybridized carbons (Fsp3) is 0.562. The van der Waals surface area contributed by atoms with Crippen molar-refractivity contribution < 1.29 is 14.6 Å². The minimum absolute atomic E-state index is 0.0851. The summed E-state index contributed by atoms with van der Waals surface area (Å²) in [5, 5.41) is 9.17. The van der Waals surface area contributed by atoms with Gasteiger partial charge < -0.3 is 9.84 Å². The van der Waals surface area contributed by atoms with E-state index in [0.29, 0.717) is 5.92 Å². The first kappa shape index (κ1) is 14.1. The van der Waals surface area contributed by atoms with Gasteiger partial charge in [0.2, 0.25) is 0 Å². The Morgan fingerprint density at radius 1 is 1.42 bits per heavy atom. The van der Waals surface area contributed by atoms with Crippen molar-refractivity contribution >= 4 is 5.97 Å². The van der Waals surface area contributed by atoms with Crippen molar-refractivity contribution in [1.82, 2.24) is 0 Å². The van der Waals surface area contributed by atoms with Gasteiger partial charge in [0.1, 0.15) is 0 Å². The molecule has 1 N–H and O–H groups in total. The lowest BCUT2D eigenvalue weighted by Gasteiger charge is -2.39. The zero-order chi connectivity index (χ0) is 13.9. The Balaban J connectivity index is 2.20. The summed E-state index contributed by atoms with van der Waals surface area (Å²) in [7, 11) is 0. The molecule has 0 aromatic heterocycles. The molecule has 0 unspecified atom stereocenters. The number of carbonyl (C=O) groups is 1. The van der Waals surface area contributed by atoms with Crippen LogP contribution in [0.1, 0.15) is 44.6 Å². The van der Waals surface area contributed by atoms with Gasteiger partial charge in [-0.25, -0.2) is 0 Å². The minimum atomic E-state index is -0.724. The highest BCUT2D eigenvalue weighted by atomic mass is 16.5. The zero-order valence-corrected chi connectivity index (χ0v) is 11.6. The standard InChI is InChI=1S/C16H22O3/c1-16(2)11-13(8-9-19-16)14(10-15(17)18)12-6-4-3-5-7-12/h3-7,13-14H,8-11H2,1-2H3,(H,17,18)/t13-,14-/m0/s1. The molecule has 0 spiro atoms. The number of benzene rings is 1. The topological polar surface area (TPSA) is 46.5 Å².